The normalized spacial score (nSPS) is 19.8. The maximum atomic E-state index is 6.15. The van der Waals surface area contributed by atoms with Crippen molar-refractivity contribution in [1.29, 1.82) is 0 Å². The van der Waals surface area contributed by atoms with E-state index in [0.717, 1.165) is 64.1 Å². The van der Waals surface area contributed by atoms with Crippen LogP contribution in [-0.2, 0) is 0 Å². The van der Waals surface area contributed by atoms with Crippen molar-refractivity contribution in [2.24, 2.45) is 16.6 Å². The second-order valence-electron chi connectivity index (χ2n) is 7.78. The van der Waals surface area contributed by atoms with Gasteiger partial charge >= 0.3 is 0 Å². The number of para-hydroxylation sites is 1. The zero-order chi connectivity index (χ0) is 18.2. The lowest BCUT2D eigenvalue weighted by Gasteiger charge is -2.36. The van der Waals surface area contributed by atoms with Gasteiger partial charge in [-0.1, -0.05) is 25.1 Å². The molecule has 27 heavy (non-hydrogen) atoms. The highest BCUT2D eigenvalue weighted by molar-refractivity contribution is 14.0. The zero-order valence-corrected chi connectivity index (χ0v) is 19.1. The number of aliphatic imine (C=N–C) groups is 1. The molecular weight excluding hydrogens is 449 g/mol. The number of likely N-dealkylation sites (tertiary alicyclic amines) is 1. The van der Waals surface area contributed by atoms with E-state index in [0.29, 0.717) is 0 Å². The average molecular weight is 485 g/mol. The number of piperidine rings is 1. The summed E-state index contributed by atoms with van der Waals surface area (Å²) in [7, 11) is 0. The Labute approximate surface area is 182 Å². The Morgan fingerprint density at radius 3 is 2.33 bits per heavy atom. The van der Waals surface area contributed by atoms with Crippen LogP contribution in [-0.4, -0.2) is 68.1 Å². The number of halogens is 1. The highest BCUT2D eigenvalue weighted by Gasteiger charge is 2.17. The van der Waals surface area contributed by atoms with Gasteiger partial charge in [0.05, 0.1) is 0 Å². The summed E-state index contributed by atoms with van der Waals surface area (Å²) < 4.78 is 0. The van der Waals surface area contributed by atoms with Gasteiger partial charge in [-0.2, -0.15) is 0 Å². The Kier molecular flexibility index (Phi) is 9.68. The predicted molar refractivity (Wildman–Crippen MR) is 126 cm³/mol. The molecule has 2 N–H and O–H groups in total. The van der Waals surface area contributed by atoms with Crippen LogP contribution >= 0.6 is 24.0 Å². The Morgan fingerprint density at radius 1 is 1.00 bits per heavy atom. The molecule has 2 aliphatic heterocycles. The molecule has 5 nitrogen and oxygen atoms in total. The lowest BCUT2D eigenvalue weighted by Crippen LogP contribution is -2.46. The van der Waals surface area contributed by atoms with Crippen molar-refractivity contribution in [3.05, 3.63) is 30.3 Å². The van der Waals surface area contributed by atoms with E-state index >= 15 is 0 Å². The second-order valence-corrected chi connectivity index (χ2v) is 7.78. The third-order valence-corrected chi connectivity index (χ3v) is 5.76. The molecule has 0 bridgehead atoms. The molecule has 6 heteroatoms. The molecule has 0 radical (unpaired) electrons. The molecule has 0 amide bonds. The number of piperazine rings is 1. The van der Waals surface area contributed by atoms with Gasteiger partial charge in [0.2, 0.25) is 0 Å². The lowest BCUT2D eigenvalue weighted by molar-refractivity contribution is 0.253. The molecular formula is C21H36IN5. The van der Waals surface area contributed by atoms with Crippen LogP contribution in [0.5, 0.6) is 0 Å². The lowest BCUT2D eigenvalue weighted by atomic mass is 10.00. The SMILES string of the molecule is CC1CCN(C(N)=NCCCCN2CCN(c3ccccc3)CC2)CC1.I. The summed E-state index contributed by atoms with van der Waals surface area (Å²) in [6.45, 7) is 11.1. The van der Waals surface area contributed by atoms with Gasteiger partial charge in [0, 0.05) is 51.5 Å². The quantitative estimate of drug-likeness (QED) is 0.291. The first-order valence-corrected chi connectivity index (χ1v) is 10.3. The minimum absolute atomic E-state index is 0. The van der Waals surface area contributed by atoms with Gasteiger partial charge in [-0.05, 0) is 50.3 Å². The van der Waals surface area contributed by atoms with Gasteiger partial charge in [0.15, 0.2) is 5.96 Å². The first kappa shape index (κ1) is 22.3. The zero-order valence-electron chi connectivity index (χ0n) is 16.7. The Balaban J connectivity index is 0.00000261. The molecule has 2 fully saturated rings. The van der Waals surface area contributed by atoms with Crippen molar-refractivity contribution >= 4 is 35.6 Å². The summed E-state index contributed by atoms with van der Waals surface area (Å²) in [5.74, 6) is 1.59. The predicted octanol–water partition coefficient (Wildman–Crippen LogP) is 3.25. The molecule has 0 aliphatic carbocycles. The number of nitrogens with two attached hydrogens (primary N) is 1. The van der Waals surface area contributed by atoms with Crippen LogP contribution in [0.25, 0.3) is 0 Å². The number of anilines is 1. The van der Waals surface area contributed by atoms with Gasteiger partial charge in [0.25, 0.3) is 0 Å². The third-order valence-electron chi connectivity index (χ3n) is 5.76. The molecule has 1 aromatic carbocycles. The van der Waals surface area contributed by atoms with Gasteiger partial charge in [-0.15, -0.1) is 24.0 Å². The number of unbranched alkanes of at least 4 members (excludes halogenated alkanes) is 1. The number of benzene rings is 1. The van der Waals surface area contributed by atoms with E-state index in [4.69, 9.17) is 5.73 Å². The van der Waals surface area contributed by atoms with Gasteiger partial charge in [0.1, 0.15) is 0 Å². The van der Waals surface area contributed by atoms with Crippen LogP contribution in [0, 0.1) is 5.92 Å². The van der Waals surface area contributed by atoms with E-state index in [1.165, 1.54) is 31.5 Å². The van der Waals surface area contributed by atoms with E-state index in [-0.39, 0.29) is 24.0 Å². The monoisotopic (exact) mass is 485 g/mol. The Morgan fingerprint density at radius 2 is 1.67 bits per heavy atom. The van der Waals surface area contributed by atoms with Crippen LogP contribution in [0.2, 0.25) is 0 Å². The van der Waals surface area contributed by atoms with E-state index in [9.17, 15) is 0 Å². The second kappa shape index (κ2) is 11.7. The molecule has 152 valence electrons. The van der Waals surface area contributed by atoms with Gasteiger partial charge in [-0.3, -0.25) is 9.89 Å². The minimum atomic E-state index is 0. The summed E-state index contributed by atoms with van der Waals surface area (Å²) in [6, 6.07) is 10.7. The summed E-state index contributed by atoms with van der Waals surface area (Å²) >= 11 is 0. The van der Waals surface area contributed by atoms with E-state index in [1.54, 1.807) is 0 Å². The van der Waals surface area contributed by atoms with Crippen LogP contribution in [0.1, 0.15) is 32.6 Å². The molecule has 2 aliphatic rings. The standard InChI is InChI=1S/C21H35N5.HI/c1-19-9-13-26(14-10-19)21(22)23-11-5-6-12-24-15-17-25(18-16-24)20-7-3-2-4-8-20;/h2-4,7-8,19H,5-6,9-18H2,1H3,(H2,22,23);1H. The van der Waals surface area contributed by atoms with Crippen molar-refractivity contribution in [3.63, 3.8) is 0 Å². The molecule has 2 heterocycles. The largest absolute Gasteiger partial charge is 0.370 e. The molecule has 0 saturated carbocycles. The fourth-order valence-electron chi connectivity index (χ4n) is 3.85. The number of hydrogen-bond donors (Lipinski definition) is 1. The van der Waals surface area contributed by atoms with Crippen molar-refractivity contribution in [3.8, 4) is 0 Å². The van der Waals surface area contributed by atoms with Crippen LogP contribution in [0.15, 0.2) is 35.3 Å². The molecule has 0 aromatic heterocycles. The highest BCUT2D eigenvalue weighted by Crippen LogP contribution is 2.16. The number of rotatable bonds is 6. The Hall–Kier alpha value is -1.02. The fourth-order valence-corrected chi connectivity index (χ4v) is 3.85. The topological polar surface area (TPSA) is 48.1 Å². The molecule has 1 aromatic rings. The maximum Gasteiger partial charge on any atom is 0.191 e. The van der Waals surface area contributed by atoms with Crippen molar-refractivity contribution < 1.29 is 0 Å². The third kappa shape index (κ3) is 7.14. The van der Waals surface area contributed by atoms with E-state index in [1.807, 2.05) is 0 Å². The molecule has 3 rings (SSSR count). The van der Waals surface area contributed by atoms with E-state index < -0.39 is 0 Å². The highest BCUT2D eigenvalue weighted by atomic mass is 127. The molecule has 2 saturated heterocycles. The number of nitrogens with zero attached hydrogens (tertiary/aromatic N) is 4. The number of guanidine groups is 1. The van der Waals surface area contributed by atoms with Crippen molar-refractivity contribution in [1.82, 2.24) is 9.80 Å². The van der Waals surface area contributed by atoms with E-state index in [2.05, 4.69) is 56.9 Å². The molecule has 0 atom stereocenters. The summed E-state index contributed by atoms with van der Waals surface area (Å²) in [5, 5.41) is 0. The number of hydrogen-bond acceptors (Lipinski definition) is 3. The maximum absolute atomic E-state index is 6.15. The summed E-state index contributed by atoms with van der Waals surface area (Å²) in [5.41, 5.74) is 7.50. The van der Waals surface area contributed by atoms with Crippen molar-refractivity contribution in [2.75, 3.05) is 57.3 Å². The Bertz CT molecular complexity index is 549. The first-order valence-electron chi connectivity index (χ1n) is 10.3. The van der Waals surface area contributed by atoms with Gasteiger partial charge in [-0.25, -0.2) is 0 Å². The smallest absolute Gasteiger partial charge is 0.191 e. The molecule has 0 unspecified atom stereocenters. The minimum Gasteiger partial charge on any atom is -0.370 e. The van der Waals surface area contributed by atoms with Crippen LogP contribution in [0.4, 0.5) is 5.69 Å². The average Bonchev–Trinajstić information content (AvgIpc) is 2.69. The first-order chi connectivity index (χ1) is 12.7. The fraction of sp³-hybridized carbons (Fsp3) is 0.667. The summed E-state index contributed by atoms with van der Waals surface area (Å²) in [4.78, 5) is 11.9. The van der Waals surface area contributed by atoms with Crippen LogP contribution < -0.4 is 10.6 Å². The van der Waals surface area contributed by atoms with Gasteiger partial charge < -0.3 is 15.5 Å². The van der Waals surface area contributed by atoms with Crippen LogP contribution in [0.3, 0.4) is 0 Å². The summed E-state index contributed by atoms with van der Waals surface area (Å²) in [6.07, 6.45) is 4.82. The molecule has 0 spiro atoms. The van der Waals surface area contributed by atoms with Crippen molar-refractivity contribution in [2.45, 2.75) is 32.6 Å².